The van der Waals surface area contributed by atoms with Gasteiger partial charge in [-0.25, -0.2) is 13.4 Å². The summed E-state index contributed by atoms with van der Waals surface area (Å²) in [4.78, 5) is 3.88. The second kappa shape index (κ2) is 4.63. The van der Waals surface area contributed by atoms with E-state index in [1.807, 2.05) is 30.3 Å². The summed E-state index contributed by atoms with van der Waals surface area (Å²) in [7, 11) is -3.57. The Morgan fingerprint density at radius 2 is 2.00 bits per heavy atom. The first-order chi connectivity index (χ1) is 8.50. The van der Waals surface area contributed by atoms with Crippen LogP contribution in [0.2, 0.25) is 0 Å². The van der Waals surface area contributed by atoms with Crippen LogP contribution in [0.25, 0.3) is 0 Å². The van der Waals surface area contributed by atoms with Gasteiger partial charge < -0.3 is 4.42 Å². The van der Waals surface area contributed by atoms with Crippen LogP contribution in [-0.2, 0) is 16.3 Å². The smallest absolute Gasteiger partial charge is 0.256 e. The average Bonchev–Trinajstić information content (AvgIpc) is 2.73. The number of nitriles is 1. The van der Waals surface area contributed by atoms with Crippen molar-refractivity contribution in [1.29, 1.82) is 5.26 Å². The third-order valence-electron chi connectivity index (χ3n) is 2.28. The van der Waals surface area contributed by atoms with Gasteiger partial charge in [0.15, 0.2) is 5.69 Å². The Kier molecular flexibility index (Phi) is 3.17. The number of rotatable bonds is 3. The Hall–Kier alpha value is -2.13. The van der Waals surface area contributed by atoms with Crippen molar-refractivity contribution in [2.75, 3.05) is 6.26 Å². The Balaban J connectivity index is 2.38. The Morgan fingerprint density at radius 3 is 2.50 bits per heavy atom. The molecule has 0 amide bonds. The van der Waals surface area contributed by atoms with Gasteiger partial charge in [0.25, 0.3) is 5.09 Å². The summed E-state index contributed by atoms with van der Waals surface area (Å²) in [6.45, 7) is 0. The number of oxazole rings is 1. The first-order valence-electron chi connectivity index (χ1n) is 5.14. The summed E-state index contributed by atoms with van der Waals surface area (Å²) in [5.41, 5.74) is 0.742. The molecule has 0 atom stereocenters. The summed E-state index contributed by atoms with van der Waals surface area (Å²) in [6.07, 6.45) is 1.34. The molecule has 18 heavy (non-hydrogen) atoms. The van der Waals surface area contributed by atoms with Gasteiger partial charge >= 0.3 is 0 Å². The number of nitrogens with zero attached hydrogens (tertiary/aromatic N) is 2. The molecule has 0 aliphatic carbocycles. The lowest BCUT2D eigenvalue weighted by Gasteiger charge is -1.95. The van der Waals surface area contributed by atoms with Gasteiger partial charge in [-0.3, -0.25) is 0 Å². The van der Waals surface area contributed by atoms with Crippen molar-refractivity contribution in [1.82, 2.24) is 4.98 Å². The predicted octanol–water partition coefficient (Wildman–Crippen LogP) is 1.54. The third kappa shape index (κ3) is 2.57. The lowest BCUT2D eigenvalue weighted by atomic mass is 10.1. The molecule has 0 N–H and O–H groups in total. The molecule has 0 aliphatic heterocycles. The van der Waals surface area contributed by atoms with E-state index < -0.39 is 9.84 Å². The van der Waals surface area contributed by atoms with Crippen LogP contribution >= 0.6 is 0 Å². The molecule has 0 bridgehead atoms. The van der Waals surface area contributed by atoms with E-state index in [-0.39, 0.29) is 16.7 Å². The minimum absolute atomic E-state index is 0.191. The van der Waals surface area contributed by atoms with E-state index in [1.54, 1.807) is 6.07 Å². The predicted molar refractivity (Wildman–Crippen MR) is 63.6 cm³/mol. The van der Waals surface area contributed by atoms with Crippen LogP contribution < -0.4 is 0 Å². The number of benzene rings is 1. The van der Waals surface area contributed by atoms with E-state index >= 15 is 0 Å². The molecule has 1 heterocycles. The van der Waals surface area contributed by atoms with E-state index in [0.717, 1.165) is 11.8 Å². The highest BCUT2D eigenvalue weighted by molar-refractivity contribution is 7.90. The molecule has 6 heteroatoms. The highest BCUT2D eigenvalue weighted by atomic mass is 32.2. The lowest BCUT2D eigenvalue weighted by Crippen LogP contribution is -1.97. The fourth-order valence-electron chi connectivity index (χ4n) is 1.52. The molecule has 1 aromatic heterocycles. The van der Waals surface area contributed by atoms with E-state index in [2.05, 4.69) is 4.98 Å². The zero-order valence-electron chi connectivity index (χ0n) is 9.62. The monoisotopic (exact) mass is 262 g/mol. The minimum atomic E-state index is -3.57. The van der Waals surface area contributed by atoms with Crippen LogP contribution in [0.3, 0.4) is 0 Å². The second-order valence-corrected chi connectivity index (χ2v) is 5.71. The van der Waals surface area contributed by atoms with E-state index in [9.17, 15) is 8.42 Å². The first kappa shape index (κ1) is 12.3. The Labute approximate surface area is 105 Å². The Bertz CT molecular complexity index is 697. The van der Waals surface area contributed by atoms with Crippen LogP contribution in [0.5, 0.6) is 0 Å². The van der Waals surface area contributed by atoms with Gasteiger partial charge in [0.2, 0.25) is 15.7 Å². The van der Waals surface area contributed by atoms with Crippen LogP contribution in [-0.4, -0.2) is 19.7 Å². The summed E-state index contributed by atoms with van der Waals surface area (Å²) < 4.78 is 27.9. The van der Waals surface area contributed by atoms with Crippen molar-refractivity contribution >= 4 is 9.84 Å². The van der Waals surface area contributed by atoms with Crippen LogP contribution in [0.4, 0.5) is 0 Å². The van der Waals surface area contributed by atoms with Crippen LogP contribution in [0.15, 0.2) is 39.8 Å². The summed E-state index contributed by atoms with van der Waals surface area (Å²) in [5.74, 6) is 0.221. The average molecular weight is 262 g/mol. The number of hydrogen-bond donors (Lipinski definition) is 0. The minimum Gasteiger partial charge on any atom is -0.427 e. The SMILES string of the molecule is CS(=O)(=O)c1oc(Cc2ccccc2)nc1C#N. The normalized spacial score (nSPS) is 11.1. The van der Waals surface area contributed by atoms with Gasteiger partial charge in [0, 0.05) is 12.7 Å². The van der Waals surface area contributed by atoms with Crippen LogP contribution in [0.1, 0.15) is 17.1 Å². The van der Waals surface area contributed by atoms with Gasteiger partial charge in [0.05, 0.1) is 0 Å². The van der Waals surface area contributed by atoms with Gasteiger partial charge in [-0.15, -0.1) is 0 Å². The molecule has 0 radical (unpaired) electrons. The molecule has 2 aromatic rings. The molecular weight excluding hydrogens is 252 g/mol. The molecular formula is C12H10N2O3S. The number of aromatic nitrogens is 1. The molecule has 1 aromatic carbocycles. The fraction of sp³-hybridized carbons (Fsp3) is 0.167. The molecule has 0 aliphatic rings. The lowest BCUT2D eigenvalue weighted by molar-refractivity contribution is 0.415. The van der Waals surface area contributed by atoms with Crippen molar-refractivity contribution in [3.05, 3.63) is 47.5 Å². The third-order valence-corrected chi connectivity index (χ3v) is 3.23. The first-order valence-corrected chi connectivity index (χ1v) is 7.03. The van der Waals surface area contributed by atoms with Gasteiger partial charge in [-0.1, -0.05) is 30.3 Å². The summed E-state index contributed by atoms with van der Waals surface area (Å²) in [5, 5.41) is 8.46. The topological polar surface area (TPSA) is 84.0 Å². The fourth-order valence-corrected chi connectivity index (χ4v) is 2.21. The van der Waals surface area contributed by atoms with E-state index in [0.29, 0.717) is 6.42 Å². The summed E-state index contributed by atoms with van der Waals surface area (Å²) in [6, 6.07) is 11.1. The number of hydrogen-bond acceptors (Lipinski definition) is 5. The maximum Gasteiger partial charge on any atom is 0.256 e. The molecule has 0 saturated carbocycles. The van der Waals surface area contributed by atoms with Gasteiger partial charge in [-0.2, -0.15) is 5.26 Å². The van der Waals surface area contributed by atoms with Crippen molar-refractivity contribution < 1.29 is 12.8 Å². The molecule has 92 valence electrons. The maximum absolute atomic E-state index is 11.4. The van der Waals surface area contributed by atoms with E-state index in [1.165, 1.54) is 0 Å². The molecule has 0 saturated heterocycles. The van der Waals surface area contributed by atoms with Crippen molar-refractivity contribution in [3.8, 4) is 6.07 Å². The quantitative estimate of drug-likeness (QED) is 0.837. The number of sulfone groups is 1. The maximum atomic E-state index is 11.4. The largest absolute Gasteiger partial charge is 0.427 e. The molecule has 5 nitrogen and oxygen atoms in total. The molecule has 0 unspecified atom stereocenters. The summed E-state index contributed by atoms with van der Waals surface area (Å²) >= 11 is 0. The molecule has 0 fully saturated rings. The highest BCUT2D eigenvalue weighted by Crippen LogP contribution is 2.18. The standard InChI is InChI=1S/C12H10N2O3S/c1-18(15,16)12-10(8-13)14-11(17-12)7-9-5-3-2-4-6-9/h2-6H,7H2,1H3. The second-order valence-electron chi connectivity index (χ2n) is 3.79. The van der Waals surface area contributed by atoms with Crippen molar-refractivity contribution in [3.63, 3.8) is 0 Å². The zero-order valence-corrected chi connectivity index (χ0v) is 10.4. The van der Waals surface area contributed by atoms with Crippen molar-refractivity contribution in [2.24, 2.45) is 0 Å². The van der Waals surface area contributed by atoms with E-state index in [4.69, 9.17) is 9.68 Å². The van der Waals surface area contributed by atoms with Gasteiger partial charge in [-0.05, 0) is 5.56 Å². The molecule has 2 rings (SSSR count). The van der Waals surface area contributed by atoms with Crippen molar-refractivity contribution in [2.45, 2.75) is 11.5 Å². The highest BCUT2D eigenvalue weighted by Gasteiger charge is 2.21. The van der Waals surface area contributed by atoms with Gasteiger partial charge in [0.1, 0.15) is 6.07 Å². The zero-order chi connectivity index (χ0) is 13.2. The Morgan fingerprint density at radius 1 is 1.33 bits per heavy atom. The molecule has 0 spiro atoms. The van der Waals surface area contributed by atoms with Crippen LogP contribution in [0, 0.1) is 11.3 Å².